The molecular weight excluding hydrogens is 388 g/mol. The van der Waals surface area contributed by atoms with Crippen LogP contribution in [0.25, 0.3) is 11.6 Å². The molecule has 0 aliphatic heterocycles. The molecule has 160 valence electrons. The van der Waals surface area contributed by atoms with Crippen molar-refractivity contribution in [3.63, 3.8) is 0 Å². The first kappa shape index (κ1) is 20.7. The lowest BCUT2D eigenvalue weighted by atomic mass is 9.83. The van der Waals surface area contributed by atoms with E-state index in [1.165, 1.54) is 39.0 Å². The Kier molecular flexibility index (Phi) is 5.90. The van der Waals surface area contributed by atoms with Gasteiger partial charge >= 0.3 is 0 Å². The van der Waals surface area contributed by atoms with E-state index >= 15 is 0 Å². The van der Waals surface area contributed by atoms with Gasteiger partial charge in [0.2, 0.25) is 0 Å². The van der Waals surface area contributed by atoms with Crippen molar-refractivity contribution in [3.05, 3.63) is 118 Å². The third kappa shape index (κ3) is 4.12. The zero-order chi connectivity index (χ0) is 21.9. The number of hydrogen-bond acceptors (Lipinski definition) is 1. The molecule has 0 spiro atoms. The van der Waals surface area contributed by atoms with Gasteiger partial charge in [0.15, 0.2) is 0 Å². The number of allylic oxidation sites excluding steroid dienone is 3. The van der Waals surface area contributed by atoms with Crippen molar-refractivity contribution in [1.82, 2.24) is 0 Å². The number of carbonyl (C=O) groups excluding carboxylic acids is 1. The second kappa shape index (κ2) is 9.12. The van der Waals surface area contributed by atoms with Crippen LogP contribution in [0.4, 0.5) is 0 Å². The van der Waals surface area contributed by atoms with E-state index in [9.17, 15) is 4.79 Å². The smallest absolute Gasteiger partial charge is 0.140 e. The van der Waals surface area contributed by atoms with Crippen LogP contribution in [0.1, 0.15) is 59.1 Å². The number of aryl methyl sites for hydroxylation is 2. The maximum absolute atomic E-state index is 13.5. The average molecular weight is 419 g/mol. The van der Waals surface area contributed by atoms with E-state index in [1.54, 1.807) is 0 Å². The van der Waals surface area contributed by atoms with Gasteiger partial charge in [0, 0.05) is 18.3 Å². The number of benzene rings is 3. The molecule has 0 fully saturated rings. The topological polar surface area (TPSA) is 17.1 Å². The lowest BCUT2D eigenvalue weighted by Gasteiger charge is -2.20. The summed E-state index contributed by atoms with van der Waals surface area (Å²) < 4.78 is 0. The molecule has 5 rings (SSSR count). The summed E-state index contributed by atoms with van der Waals surface area (Å²) in [4.78, 5) is 13.5. The monoisotopic (exact) mass is 418 g/mol. The van der Waals surface area contributed by atoms with Crippen molar-refractivity contribution in [2.75, 3.05) is 0 Å². The second-order valence-electron chi connectivity index (χ2n) is 9.05. The molecule has 0 radical (unpaired) electrons. The molecule has 3 aromatic carbocycles. The van der Waals surface area contributed by atoms with Crippen LogP contribution < -0.4 is 0 Å². The van der Waals surface area contributed by atoms with Crippen molar-refractivity contribution < 1.29 is 4.79 Å². The maximum atomic E-state index is 13.5. The molecule has 1 nitrogen and oxygen atoms in total. The van der Waals surface area contributed by atoms with Crippen molar-refractivity contribution in [3.8, 4) is 0 Å². The summed E-state index contributed by atoms with van der Waals surface area (Å²) in [7, 11) is 0. The first-order valence-electron chi connectivity index (χ1n) is 11.9. The fourth-order valence-electron chi connectivity index (χ4n) is 5.28. The van der Waals surface area contributed by atoms with Crippen LogP contribution in [0.3, 0.4) is 0 Å². The SMILES string of the molecule is CCc1ccc([C@@H]2CC(c3ccccc3)=CC2C(=O)CCc2cccc3c2C=CC3)cc1. The van der Waals surface area contributed by atoms with Crippen LogP contribution in [0, 0.1) is 5.92 Å². The molecule has 2 aliphatic rings. The highest BCUT2D eigenvalue weighted by atomic mass is 16.1. The summed E-state index contributed by atoms with van der Waals surface area (Å²) in [5.74, 6) is 0.537. The van der Waals surface area contributed by atoms with Gasteiger partial charge in [-0.15, -0.1) is 0 Å². The molecule has 32 heavy (non-hydrogen) atoms. The summed E-state index contributed by atoms with van der Waals surface area (Å²) >= 11 is 0. The molecule has 1 unspecified atom stereocenters. The van der Waals surface area contributed by atoms with Gasteiger partial charge in [0.25, 0.3) is 0 Å². The van der Waals surface area contributed by atoms with Crippen molar-refractivity contribution in [2.45, 2.75) is 44.9 Å². The Morgan fingerprint density at radius 1 is 0.938 bits per heavy atom. The number of fused-ring (bicyclic) bond motifs is 1. The summed E-state index contributed by atoms with van der Waals surface area (Å²) in [6.07, 6.45) is 11.1. The molecule has 2 atom stereocenters. The van der Waals surface area contributed by atoms with E-state index < -0.39 is 0 Å². The zero-order valence-corrected chi connectivity index (χ0v) is 18.8. The minimum atomic E-state index is -0.0509. The largest absolute Gasteiger partial charge is 0.299 e. The van der Waals surface area contributed by atoms with Crippen LogP contribution in [-0.2, 0) is 24.1 Å². The van der Waals surface area contributed by atoms with Crippen molar-refractivity contribution in [1.29, 1.82) is 0 Å². The van der Waals surface area contributed by atoms with Crippen molar-refractivity contribution in [2.24, 2.45) is 5.92 Å². The van der Waals surface area contributed by atoms with Gasteiger partial charge in [0.1, 0.15) is 5.78 Å². The number of hydrogen-bond donors (Lipinski definition) is 0. The van der Waals surface area contributed by atoms with Gasteiger partial charge in [-0.1, -0.05) is 97.9 Å². The van der Waals surface area contributed by atoms with E-state index in [0.717, 1.165) is 25.7 Å². The van der Waals surface area contributed by atoms with Gasteiger partial charge in [0.05, 0.1) is 0 Å². The fourth-order valence-corrected chi connectivity index (χ4v) is 5.28. The summed E-state index contributed by atoms with van der Waals surface area (Å²) in [5, 5.41) is 0. The zero-order valence-electron chi connectivity index (χ0n) is 18.8. The predicted molar refractivity (Wildman–Crippen MR) is 134 cm³/mol. The summed E-state index contributed by atoms with van der Waals surface area (Å²) in [6, 6.07) is 26.0. The molecule has 0 aromatic heterocycles. The van der Waals surface area contributed by atoms with Crippen LogP contribution in [-0.4, -0.2) is 5.78 Å². The minimum absolute atomic E-state index is 0.0509. The Morgan fingerprint density at radius 2 is 1.75 bits per heavy atom. The number of rotatable bonds is 7. The van der Waals surface area contributed by atoms with E-state index in [4.69, 9.17) is 0 Å². The first-order valence-corrected chi connectivity index (χ1v) is 11.9. The standard InChI is InChI=1S/C31H30O/c1-2-22-14-16-26(17-15-22)29-20-27(23-8-4-3-5-9-23)21-30(29)31(32)19-18-25-11-6-10-24-12-7-13-28(24)25/h3-11,13-17,21,29-30H,2,12,18-20H2,1H3/t29-,30?/m0/s1. The van der Waals surface area contributed by atoms with Gasteiger partial charge in [-0.2, -0.15) is 0 Å². The highest BCUT2D eigenvalue weighted by molar-refractivity contribution is 5.88. The van der Waals surface area contributed by atoms with Crippen LogP contribution >= 0.6 is 0 Å². The second-order valence-corrected chi connectivity index (χ2v) is 9.05. The van der Waals surface area contributed by atoms with Gasteiger partial charge in [-0.05, 0) is 64.6 Å². The van der Waals surface area contributed by atoms with Gasteiger partial charge < -0.3 is 0 Å². The summed E-state index contributed by atoms with van der Waals surface area (Å²) in [6.45, 7) is 2.18. The Balaban J connectivity index is 1.39. The maximum Gasteiger partial charge on any atom is 0.140 e. The van der Waals surface area contributed by atoms with E-state index in [1.807, 2.05) is 0 Å². The Hall–Kier alpha value is -3.19. The lowest BCUT2D eigenvalue weighted by Crippen LogP contribution is -2.18. The van der Waals surface area contributed by atoms with Crippen molar-refractivity contribution >= 4 is 17.4 Å². The molecule has 0 bridgehead atoms. The highest BCUT2D eigenvalue weighted by Gasteiger charge is 2.34. The molecule has 0 saturated heterocycles. The third-order valence-electron chi connectivity index (χ3n) is 7.14. The lowest BCUT2D eigenvalue weighted by molar-refractivity contribution is -0.121. The number of carbonyl (C=O) groups is 1. The number of Topliss-reactive ketones (excluding diaryl/α,β-unsaturated/α-hetero) is 1. The van der Waals surface area contributed by atoms with E-state index in [-0.39, 0.29) is 11.8 Å². The van der Waals surface area contributed by atoms with Gasteiger partial charge in [-0.25, -0.2) is 0 Å². The van der Waals surface area contributed by atoms with Crippen LogP contribution in [0.2, 0.25) is 0 Å². The molecule has 0 N–H and O–H groups in total. The third-order valence-corrected chi connectivity index (χ3v) is 7.14. The quantitative estimate of drug-likeness (QED) is 0.396. The highest BCUT2D eigenvalue weighted by Crippen LogP contribution is 2.43. The minimum Gasteiger partial charge on any atom is -0.299 e. The molecular formula is C31H30O. The molecule has 0 amide bonds. The fraction of sp³-hybridized carbons (Fsp3) is 0.258. The first-order chi connectivity index (χ1) is 15.7. The predicted octanol–water partition coefficient (Wildman–Crippen LogP) is 7.21. The summed E-state index contributed by atoms with van der Waals surface area (Å²) in [5.41, 5.74) is 9.19. The molecule has 3 aromatic rings. The molecule has 0 heterocycles. The Labute approximate surface area is 191 Å². The molecule has 2 aliphatic carbocycles. The Morgan fingerprint density at radius 3 is 2.53 bits per heavy atom. The number of ketones is 1. The van der Waals surface area contributed by atoms with Gasteiger partial charge in [-0.3, -0.25) is 4.79 Å². The van der Waals surface area contributed by atoms with Crippen LogP contribution in [0.5, 0.6) is 0 Å². The average Bonchev–Trinajstić information content (AvgIpc) is 3.51. The Bertz CT molecular complexity index is 1160. The molecule has 1 heteroatoms. The van der Waals surface area contributed by atoms with E-state index in [2.05, 4.69) is 97.9 Å². The molecule has 0 saturated carbocycles. The normalized spacial score (nSPS) is 19.1. The van der Waals surface area contributed by atoms with Crippen LogP contribution in [0.15, 0.2) is 84.9 Å². The van der Waals surface area contributed by atoms with E-state index in [0.29, 0.717) is 12.2 Å².